The molecular weight excluding hydrogens is 183 g/mol. The molecule has 1 rings (SSSR count). The van der Waals surface area contributed by atoms with E-state index in [2.05, 4.69) is 0 Å². The molecule has 0 aliphatic rings. The Morgan fingerprint density at radius 2 is 1.79 bits per heavy atom. The predicted octanol–water partition coefficient (Wildman–Crippen LogP) is 0.617. The molecule has 0 saturated carbocycles. The normalized spacial score (nSPS) is 9.57. The summed E-state index contributed by atoms with van der Waals surface area (Å²) in [6.07, 6.45) is 0. The van der Waals surface area contributed by atoms with E-state index in [0.717, 1.165) is 5.75 Å². The lowest BCUT2D eigenvalue weighted by molar-refractivity contribution is 0.146. The van der Waals surface area contributed by atoms with E-state index >= 15 is 0 Å². The Morgan fingerprint density at radius 3 is 2.36 bits per heavy atom. The summed E-state index contributed by atoms with van der Waals surface area (Å²) in [7, 11) is 2.26. The molecule has 0 heterocycles. The van der Waals surface area contributed by atoms with E-state index in [1.807, 2.05) is 0 Å². The van der Waals surface area contributed by atoms with Gasteiger partial charge in [0.15, 0.2) is 0 Å². The van der Waals surface area contributed by atoms with Gasteiger partial charge in [0.2, 0.25) is 0 Å². The molecule has 0 atom stereocenters. The molecule has 14 heavy (non-hydrogen) atoms. The largest absolute Gasteiger partial charge is 0.569 e. The first-order valence-corrected chi connectivity index (χ1v) is 4.21. The van der Waals surface area contributed by atoms with Crippen LogP contribution >= 0.6 is 0 Å². The number of methoxy groups -OCH3 is 1. The van der Waals surface area contributed by atoms with Crippen LogP contribution in [-0.4, -0.2) is 33.0 Å². The molecule has 0 aliphatic carbocycles. The van der Waals surface area contributed by atoms with Crippen LogP contribution < -0.4 is 9.39 Å². The van der Waals surface area contributed by atoms with E-state index in [9.17, 15) is 0 Å². The van der Waals surface area contributed by atoms with E-state index in [0.29, 0.717) is 26.6 Å². The Hall–Kier alpha value is -1.20. The van der Waals surface area contributed by atoms with Crippen molar-refractivity contribution in [3.8, 4) is 11.5 Å². The molecule has 1 N–H and O–H groups in total. The van der Waals surface area contributed by atoms with Gasteiger partial charge in [0, 0.05) is 7.11 Å². The van der Waals surface area contributed by atoms with Gasteiger partial charge in [-0.25, -0.2) is 0 Å². The van der Waals surface area contributed by atoms with Gasteiger partial charge in [-0.3, -0.25) is 0 Å². The molecule has 1 radical (unpaired) electrons. The summed E-state index contributed by atoms with van der Waals surface area (Å²) >= 11 is 0. The van der Waals surface area contributed by atoms with Crippen LogP contribution in [-0.2, 0) is 4.74 Å². The van der Waals surface area contributed by atoms with E-state index in [-0.39, 0.29) is 0 Å². The van der Waals surface area contributed by atoms with Crippen molar-refractivity contribution in [3.63, 3.8) is 0 Å². The second-order valence-electron chi connectivity index (χ2n) is 2.54. The van der Waals surface area contributed by atoms with Gasteiger partial charge < -0.3 is 19.2 Å². The van der Waals surface area contributed by atoms with Gasteiger partial charge in [-0.15, -0.1) is 0 Å². The summed E-state index contributed by atoms with van der Waals surface area (Å²) in [5.41, 5.74) is 0. The van der Waals surface area contributed by atoms with Crippen LogP contribution in [0.5, 0.6) is 11.5 Å². The fraction of sp³-hybridized carbons (Fsp3) is 0.333. The standard InChI is InChI=1S/C9H12BO4/c1-12-6-7-13-8-2-4-9(5-3-8)14-10-11/h2-5,11H,6-7H2,1H3. The molecule has 5 heteroatoms. The number of benzene rings is 1. The molecule has 0 fully saturated rings. The van der Waals surface area contributed by atoms with Gasteiger partial charge in [-0.2, -0.15) is 0 Å². The van der Waals surface area contributed by atoms with Crippen molar-refractivity contribution in [1.29, 1.82) is 0 Å². The van der Waals surface area contributed by atoms with Crippen molar-refractivity contribution in [3.05, 3.63) is 24.3 Å². The number of ether oxygens (including phenoxy) is 2. The maximum absolute atomic E-state index is 8.37. The van der Waals surface area contributed by atoms with Crippen molar-refractivity contribution in [1.82, 2.24) is 0 Å². The molecule has 4 nitrogen and oxygen atoms in total. The van der Waals surface area contributed by atoms with Crippen molar-refractivity contribution in [2.24, 2.45) is 0 Å². The van der Waals surface area contributed by atoms with E-state index in [4.69, 9.17) is 19.2 Å². The van der Waals surface area contributed by atoms with Gasteiger partial charge >= 0.3 is 7.69 Å². The molecular formula is C9H12BO4. The zero-order valence-electron chi connectivity index (χ0n) is 7.97. The highest BCUT2D eigenvalue weighted by atomic mass is 16.5. The highest BCUT2D eigenvalue weighted by Gasteiger charge is 1.96. The van der Waals surface area contributed by atoms with Crippen LogP contribution in [0.4, 0.5) is 0 Å². The number of hydrogen-bond acceptors (Lipinski definition) is 4. The fourth-order valence-corrected chi connectivity index (χ4v) is 0.918. The molecule has 1 aromatic rings. The fourth-order valence-electron chi connectivity index (χ4n) is 0.918. The van der Waals surface area contributed by atoms with Crippen molar-refractivity contribution < 1.29 is 19.2 Å². The summed E-state index contributed by atoms with van der Waals surface area (Å²) in [5, 5.41) is 8.37. The Kier molecular flexibility index (Phi) is 4.89. The van der Waals surface area contributed by atoms with Crippen molar-refractivity contribution >= 4 is 7.69 Å². The SMILES string of the molecule is COCCOc1ccc(O[B]O)cc1. The summed E-state index contributed by atoms with van der Waals surface area (Å²) < 4.78 is 14.9. The van der Waals surface area contributed by atoms with Crippen LogP contribution in [0.25, 0.3) is 0 Å². The lowest BCUT2D eigenvalue weighted by atomic mass is 10.3. The van der Waals surface area contributed by atoms with Gasteiger partial charge in [0.1, 0.15) is 18.1 Å². The smallest absolute Gasteiger partial charge is 0.537 e. The quantitative estimate of drug-likeness (QED) is 0.533. The summed E-state index contributed by atoms with van der Waals surface area (Å²) in [6.45, 7) is 1.07. The minimum Gasteiger partial charge on any atom is -0.537 e. The molecule has 0 unspecified atom stereocenters. The molecule has 75 valence electrons. The highest BCUT2D eigenvalue weighted by Crippen LogP contribution is 2.16. The molecule has 1 aromatic carbocycles. The zero-order valence-corrected chi connectivity index (χ0v) is 7.97. The summed E-state index contributed by atoms with van der Waals surface area (Å²) in [6, 6.07) is 6.92. The van der Waals surface area contributed by atoms with E-state index in [1.54, 1.807) is 31.4 Å². The van der Waals surface area contributed by atoms with Crippen LogP contribution in [0.2, 0.25) is 0 Å². The second-order valence-corrected chi connectivity index (χ2v) is 2.54. The highest BCUT2D eigenvalue weighted by molar-refractivity contribution is 6.17. The van der Waals surface area contributed by atoms with Gasteiger partial charge in [-0.05, 0) is 24.3 Å². The zero-order chi connectivity index (χ0) is 10.2. The third kappa shape index (κ3) is 3.68. The van der Waals surface area contributed by atoms with E-state index < -0.39 is 0 Å². The molecule has 0 saturated heterocycles. The maximum atomic E-state index is 8.37. The Morgan fingerprint density at radius 1 is 1.14 bits per heavy atom. The molecule has 0 spiro atoms. The van der Waals surface area contributed by atoms with E-state index in [1.165, 1.54) is 0 Å². The van der Waals surface area contributed by atoms with Gasteiger partial charge in [-0.1, -0.05) is 0 Å². The number of rotatable bonds is 6. The van der Waals surface area contributed by atoms with Crippen LogP contribution in [0.15, 0.2) is 24.3 Å². The first-order valence-electron chi connectivity index (χ1n) is 4.21. The first-order chi connectivity index (χ1) is 6.86. The summed E-state index contributed by atoms with van der Waals surface area (Å²) in [5.74, 6) is 1.30. The van der Waals surface area contributed by atoms with Crippen LogP contribution in [0, 0.1) is 0 Å². The average Bonchev–Trinajstić information content (AvgIpc) is 2.21. The Balaban J connectivity index is 2.38. The monoisotopic (exact) mass is 195 g/mol. The first kappa shape index (κ1) is 10.9. The third-order valence-corrected chi connectivity index (χ3v) is 1.57. The lowest BCUT2D eigenvalue weighted by Gasteiger charge is -2.06. The molecule has 0 amide bonds. The molecule has 0 bridgehead atoms. The summed E-state index contributed by atoms with van der Waals surface area (Å²) in [4.78, 5) is 0. The van der Waals surface area contributed by atoms with Crippen molar-refractivity contribution in [2.75, 3.05) is 20.3 Å². The Labute approximate surface area is 83.7 Å². The Bertz CT molecular complexity index is 249. The van der Waals surface area contributed by atoms with Gasteiger partial charge in [0.25, 0.3) is 0 Å². The molecule has 0 aromatic heterocycles. The lowest BCUT2D eigenvalue weighted by Crippen LogP contribution is -2.04. The minimum atomic E-state index is 0.517. The van der Waals surface area contributed by atoms with Crippen LogP contribution in [0.3, 0.4) is 0 Å². The van der Waals surface area contributed by atoms with Crippen molar-refractivity contribution in [2.45, 2.75) is 0 Å². The topological polar surface area (TPSA) is 47.9 Å². The predicted molar refractivity (Wildman–Crippen MR) is 52.4 cm³/mol. The third-order valence-electron chi connectivity index (χ3n) is 1.57. The maximum Gasteiger partial charge on any atom is 0.569 e. The average molecular weight is 195 g/mol. The number of hydrogen-bond donors (Lipinski definition) is 1. The second kappa shape index (κ2) is 6.29. The van der Waals surface area contributed by atoms with Crippen LogP contribution in [0.1, 0.15) is 0 Å². The van der Waals surface area contributed by atoms with Gasteiger partial charge in [0.05, 0.1) is 6.61 Å². The molecule has 0 aliphatic heterocycles. The minimum absolute atomic E-state index is 0.517.